The molecule has 0 aliphatic heterocycles. The van der Waals surface area contributed by atoms with E-state index in [1.165, 1.54) is 6.20 Å². The van der Waals surface area contributed by atoms with Gasteiger partial charge < -0.3 is 4.74 Å². The number of aromatic nitrogens is 2. The van der Waals surface area contributed by atoms with E-state index in [4.69, 9.17) is 4.74 Å². The maximum atomic E-state index is 11.3. The molecule has 1 aromatic rings. The van der Waals surface area contributed by atoms with Crippen molar-refractivity contribution in [3.63, 3.8) is 0 Å². The molecule has 0 amide bonds. The van der Waals surface area contributed by atoms with Crippen LogP contribution in [0.3, 0.4) is 0 Å². The smallest absolute Gasteiger partial charge is 0.435 e. The predicted molar refractivity (Wildman–Crippen MR) is 51.6 cm³/mol. The molecule has 0 aromatic carbocycles. The Kier molecular flexibility index (Phi) is 2.75. The third kappa shape index (κ3) is 3.18. The molecule has 0 aliphatic carbocycles. The van der Waals surface area contributed by atoms with Crippen LogP contribution in [-0.4, -0.2) is 21.5 Å². The van der Waals surface area contributed by atoms with Gasteiger partial charge in [0.25, 0.3) is 0 Å². The number of ether oxygens (including phenoxy) is 1. The summed E-state index contributed by atoms with van der Waals surface area (Å²) in [5.74, 6) is 0. The normalized spacial score (nSPS) is 11.4. The monoisotopic (exact) mass is 246 g/mol. The van der Waals surface area contributed by atoms with Crippen LogP contribution in [0.2, 0.25) is 0 Å². The Hall–Kier alpha value is -0.840. The molecule has 0 bridgehead atoms. The number of carbonyl (C=O) groups is 1. The Labute approximate surface area is 85.0 Å². The summed E-state index contributed by atoms with van der Waals surface area (Å²) < 4.78 is 6.84. The van der Waals surface area contributed by atoms with Gasteiger partial charge in [0.15, 0.2) is 0 Å². The molecule has 1 aromatic heterocycles. The highest BCUT2D eigenvalue weighted by Crippen LogP contribution is 2.10. The largest absolute Gasteiger partial charge is 0.442 e. The second kappa shape index (κ2) is 3.49. The molecular weight excluding hydrogens is 236 g/mol. The summed E-state index contributed by atoms with van der Waals surface area (Å²) in [6.07, 6.45) is 1.07. The van der Waals surface area contributed by atoms with Crippen molar-refractivity contribution in [3.05, 3.63) is 16.9 Å². The highest BCUT2D eigenvalue weighted by Gasteiger charge is 2.17. The van der Waals surface area contributed by atoms with Gasteiger partial charge >= 0.3 is 6.09 Å². The fourth-order valence-electron chi connectivity index (χ4n) is 0.712. The molecular formula is C8H11BrN2O2. The van der Waals surface area contributed by atoms with Crippen LogP contribution in [0.25, 0.3) is 0 Å². The number of hydrogen-bond donors (Lipinski definition) is 0. The van der Waals surface area contributed by atoms with Crippen LogP contribution in [0.5, 0.6) is 0 Å². The second-order valence-corrected chi connectivity index (χ2v) is 4.38. The lowest BCUT2D eigenvalue weighted by Gasteiger charge is -2.18. The van der Waals surface area contributed by atoms with Crippen molar-refractivity contribution < 1.29 is 9.53 Å². The van der Waals surface area contributed by atoms with E-state index in [-0.39, 0.29) is 0 Å². The third-order valence-corrected chi connectivity index (χ3v) is 1.56. The zero-order chi connectivity index (χ0) is 10.1. The first-order chi connectivity index (χ1) is 5.88. The number of carbonyl (C=O) groups excluding carboxylic acids is 1. The summed E-state index contributed by atoms with van der Waals surface area (Å²) in [4.78, 5) is 11.3. The summed E-state index contributed by atoms with van der Waals surface area (Å²) in [7, 11) is 0. The second-order valence-electron chi connectivity index (χ2n) is 3.56. The van der Waals surface area contributed by atoms with Gasteiger partial charge in [0, 0.05) is 6.20 Å². The van der Waals surface area contributed by atoms with Gasteiger partial charge in [-0.2, -0.15) is 9.78 Å². The summed E-state index contributed by atoms with van der Waals surface area (Å²) in [6.45, 7) is 5.43. The lowest BCUT2D eigenvalue weighted by atomic mass is 10.2. The van der Waals surface area contributed by atoms with Crippen molar-refractivity contribution in [2.45, 2.75) is 26.4 Å². The first-order valence-corrected chi connectivity index (χ1v) is 4.62. The average Bonchev–Trinajstić information content (AvgIpc) is 2.31. The SMILES string of the molecule is CC(C)(C)OC(=O)n1ccc(Br)n1. The molecule has 0 saturated heterocycles. The maximum Gasteiger partial charge on any atom is 0.435 e. The molecule has 0 unspecified atom stereocenters. The molecule has 1 heterocycles. The van der Waals surface area contributed by atoms with Crippen LogP contribution in [-0.2, 0) is 4.74 Å². The van der Waals surface area contributed by atoms with Gasteiger partial charge in [0.1, 0.15) is 10.2 Å². The molecule has 0 saturated carbocycles. The molecule has 0 radical (unpaired) electrons. The van der Waals surface area contributed by atoms with Gasteiger partial charge in [-0.1, -0.05) is 0 Å². The number of hydrogen-bond acceptors (Lipinski definition) is 3. The minimum Gasteiger partial charge on any atom is -0.442 e. The minimum absolute atomic E-state index is 0.474. The van der Waals surface area contributed by atoms with Crippen LogP contribution in [0.15, 0.2) is 16.9 Å². The predicted octanol–water partition coefficient (Wildman–Crippen LogP) is 2.43. The molecule has 0 aliphatic rings. The minimum atomic E-state index is -0.491. The lowest BCUT2D eigenvalue weighted by Crippen LogP contribution is -2.27. The lowest BCUT2D eigenvalue weighted by molar-refractivity contribution is 0.0514. The van der Waals surface area contributed by atoms with E-state index in [9.17, 15) is 4.79 Å². The standard InChI is InChI=1S/C8H11BrN2O2/c1-8(2,3)13-7(12)11-5-4-6(9)10-11/h4-5H,1-3H3. The van der Waals surface area contributed by atoms with Gasteiger partial charge in [-0.3, -0.25) is 0 Å². The van der Waals surface area contributed by atoms with Gasteiger partial charge in [0.2, 0.25) is 0 Å². The van der Waals surface area contributed by atoms with Crippen molar-refractivity contribution in [2.75, 3.05) is 0 Å². The Morgan fingerprint density at radius 2 is 2.23 bits per heavy atom. The molecule has 4 nitrogen and oxygen atoms in total. The summed E-state index contributed by atoms with van der Waals surface area (Å²) in [5.41, 5.74) is -0.491. The van der Waals surface area contributed by atoms with E-state index in [0.29, 0.717) is 4.60 Å². The first-order valence-electron chi connectivity index (χ1n) is 3.83. The molecule has 0 N–H and O–H groups in total. The first kappa shape index (κ1) is 10.2. The Balaban J connectivity index is 2.70. The highest BCUT2D eigenvalue weighted by atomic mass is 79.9. The van der Waals surface area contributed by atoms with E-state index >= 15 is 0 Å². The molecule has 0 fully saturated rings. The van der Waals surface area contributed by atoms with Crippen LogP contribution in [0.1, 0.15) is 20.8 Å². The van der Waals surface area contributed by atoms with Crippen molar-refractivity contribution in [1.29, 1.82) is 0 Å². The zero-order valence-corrected chi connectivity index (χ0v) is 9.33. The van der Waals surface area contributed by atoms with Crippen molar-refractivity contribution >= 4 is 22.0 Å². The third-order valence-electron chi connectivity index (χ3n) is 1.14. The van der Waals surface area contributed by atoms with Crippen LogP contribution in [0.4, 0.5) is 4.79 Å². The Morgan fingerprint density at radius 1 is 1.62 bits per heavy atom. The van der Waals surface area contributed by atoms with E-state index in [0.717, 1.165) is 4.68 Å². The van der Waals surface area contributed by atoms with Crippen LogP contribution >= 0.6 is 15.9 Å². The highest BCUT2D eigenvalue weighted by molar-refractivity contribution is 9.10. The quantitative estimate of drug-likeness (QED) is 0.707. The fourth-order valence-corrected chi connectivity index (χ4v) is 1.00. The maximum absolute atomic E-state index is 11.3. The fraction of sp³-hybridized carbons (Fsp3) is 0.500. The number of nitrogens with zero attached hydrogens (tertiary/aromatic N) is 2. The van der Waals surface area contributed by atoms with E-state index < -0.39 is 11.7 Å². The van der Waals surface area contributed by atoms with Gasteiger partial charge in [-0.15, -0.1) is 0 Å². The van der Waals surface area contributed by atoms with Crippen molar-refractivity contribution in [2.24, 2.45) is 0 Å². The molecule has 0 atom stereocenters. The molecule has 1 rings (SSSR count). The van der Waals surface area contributed by atoms with Crippen LogP contribution < -0.4 is 0 Å². The average molecular weight is 247 g/mol. The van der Waals surface area contributed by atoms with Crippen molar-refractivity contribution in [1.82, 2.24) is 9.78 Å². The molecule has 13 heavy (non-hydrogen) atoms. The Morgan fingerprint density at radius 3 is 2.62 bits per heavy atom. The van der Waals surface area contributed by atoms with Crippen molar-refractivity contribution in [3.8, 4) is 0 Å². The summed E-state index contributed by atoms with van der Waals surface area (Å²) in [6, 6.07) is 1.67. The van der Waals surface area contributed by atoms with Crippen LogP contribution in [0, 0.1) is 0 Å². The molecule has 5 heteroatoms. The van der Waals surface area contributed by atoms with E-state index in [1.54, 1.807) is 6.07 Å². The number of halogens is 1. The molecule has 0 spiro atoms. The Bertz CT molecular complexity index is 314. The topological polar surface area (TPSA) is 44.1 Å². The van der Waals surface area contributed by atoms with E-state index in [2.05, 4.69) is 21.0 Å². The van der Waals surface area contributed by atoms with Gasteiger partial charge in [-0.05, 0) is 42.8 Å². The van der Waals surface area contributed by atoms with Gasteiger partial charge in [-0.25, -0.2) is 4.79 Å². The van der Waals surface area contributed by atoms with E-state index in [1.807, 2.05) is 20.8 Å². The van der Waals surface area contributed by atoms with Gasteiger partial charge in [0.05, 0.1) is 0 Å². The number of rotatable bonds is 0. The summed E-state index contributed by atoms with van der Waals surface area (Å²) in [5, 5.41) is 3.85. The molecule has 72 valence electrons. The summed E-state index contributed by atoms with van der Waals surface area (Å²) >= 11 is 3.14. The zero-order valence-electron chi connectivity index (χ0n) is 7.74.